The van der Waals surface area contributed by atoms with Crippen molar-refractivity contribution in [2.75, 3.05) is 0 Å². The molecule has 30 heavy (non-hydrogen) atoms. The van der Waals surface area contributed by atoms with Gasteiger partial charge >= 0.3 is 21.1 Å². The molecule has 0 saturated heterocycles. The second kappa shape index (κ2) is 8.13. The fraction of sp³-hybridized carbons (Fsp3) is 0.429. The third-order valence-electron chi connectivity index (χ3n) is 5.40. The van der Waals surface area contributed by atoms with Gasteiger partial charge in [-0.05, 0) is 13.8 Å². The van der Waals surface area contributed by atoms with Crippen LogP contribution in [0.5, 0.6) is 0 Å². The van der Waals surface area contributed by atoms with E-state index in [0.717, 1.165) is 33.1 Å². The maximum atomic E-state index is 4.99. The summed E-state index contributed by atoms with van der Waals surface area (Å²) in [6.07, 6.45) is 6.90. The van der Waals surface area contributed by atoms with E-state index in [4.69, 9.17) is 9.97 Å². The summed E-state index contributed by atoms with van der Waals surface area (Å²) in [5, 5.41) is 6.30. The van der Waals surface area contributed by atoms with Gasteiger partial charge in [0.1, 0.15) is 10.0 Å². The fourth-order valence-corrected chi connectivity index (χ4v) is 5.43. The van der Waals surface area contributed by atoms with Gasteiger partial charge in [-0.1, -0.05) is 64.1 Å². The van der Waals surface area contributed by atoms with Crippen LogP contribution in [0.4, 0.5) is 0 Å². The summed E-state index contributed by atoms with van der Waals surface area (Å²) < 4.78 is 0. The summed E-state index contributed by atoms with van der Waals surface area (Å²) in [4.78, 5) is 27.5. The summed E-state index contributed by atoms with van der Waals surface area (Å²) in [5.41, 5.74) is 1.01. The number of rotatable bonds is 6. The molecular formula is C21H24N6PtS2. The Balaban J connectivity index is 0.00000256. The quantitative estimate of drug-likeness (QED) is 0.321. The second-order valence-corrected chi connectivity index (χ2v) is 10.4. The zero-order chi connectivity index (χ0) is 20.9. The third kappa shape index (κ3) is 3.85. The summed E-state index contributed by atoms with van der Waals surface area (Å²) >= 11 is 3.33. The normalized spacial score (nSPS) is 12.7. The molecule has 160 valence electrons. The molecule has 0 unspecified atom stereocenters. The first-order valence-corrected chi connectivity index (χ1v) is 11.2. The van der Waals surface area contributed by atoms with Crippen molar-refractivity contribution in [3.63, 3.8) is 0 Å². The number of aromatic nitrogens is 6. The van der Waals surface area contributed by atoms with Crippen molar-refractivity contribution in [3.05, 3.63) is 68.6 Å². The van der Waals surface area contributed by atoms with Crippen molar-refractivity contribution < 1.29 is 21.1 Å². The molecule has 0 fully saturated rings. The van der Waals surface area contributed by atoms with Gasteiger partial charge in [-0.2, -0.15) is 0 Å². The Morgan fingerprint density at radius 2 is 1.07 bits per heavy atom. The van der Waals surface area contributed by atoms with Crippen molar-refractivity contribution >= 4 is 22.7 Å². The van der Waals surface area contributed by atoms with Gasteiger partial charge in [-0.25, -0.2) is 9.97 Å². The van der Waals surface area contributed by atoms with E-state index in [0.29, 0.717) is 0 Å². The average Bonchev–Trinajstić information content (AvgIpc) is 3.50. The largest absolute Gasteiger partial charge is 2.00 e. The van der Waals surface area contributed by atoms with Crippen molar-refractivity contribution in [1.29, 1.82) is 0 Å². The van der Waals surface area contributed by atoms with Crippen molar-refractivity contribution in [2.24, 2.45) is 0 Å². The van der Waals surface area contributed by atoms with Gasteiger partial charge in [-0.3, -0.25) is 0 Å². The Morgan fingerprint density at radius 1 is 0.667 bits per heavy atom. The second-order valence-electron chi connectivity index (χ2n) is 8.71. The van der Waals surface area contributed by atoms with Crippen LogP contribution in [0.2, 0.25) is 0 Å². The summed E-state index contributed by atoms with van der Waals surface area (Å²) in [7, 11) is 0. The topological polar surface area (TPSA) is 79.8 Å². The summed E-state index contributed by atoms with van der Waals surface area (Å²) in [5.74, 6) is 1.58. The number of hydrogen-bond acceptors (Lipinski definition) is 6. The van der Waals surface area contributed by atoms with E-state index in [9.17, 15) is 0 Å². The third-order valence-corrected chi connectivity index (χ3v) is 7.73. The van der Waals surface area contributed by atoms with Crippen LogP contribution in [0.1, 0.15) is 74.6 Å². The smallest absolute Gasteiger partial charge is 0.446 e. The number of imidazole rings is 2. The SMILES string of the molecule is CC(C)(c1csc(C(C)(C)c2nc(C(C)(C)c3ncc[n-]3)cs2)n1)c1ncc[n-]1.[Pt+2]. The molecule has 0 spiro atoms. The van der Waals surface area contributed by atoms with Gasteiger partial charge in [-0.15, -0.1) is 22.7 Å². The molecule has 0 amide bonds. The van der Waals surface area contributed by atoms with E-state index in [1.165, 1.54) is 0 Å². The maximum absolute atomic E-state index is 4.99. The molecule has 4 aromatic rings. The van der Waals surface area contributed by atoms with Gasteiger partial charge in [0.05, 0.1) is 16.8 Å². The van der Waals surface area contributed by atoms with Crippen LogP contribution in [0, 0.1) is 0 Å². The first-order valence-electron chi connectivity index (χ1n) is 9.45. The Bertz CT molecular complexity index is 1000. The van der Waals surface area contributed by atoms with Crippen LogP contribution in [0.25, 0.3) is 0 Å². The minimum atomic E-state index is -0.334. The molecule has 0 aromatic carbocycles. The predicted octanol–water partition coefficient (Wildman–Crippen LogP) is 4.28. The van der Waals surface area contributed by atoms with E-state index in [-0.39, 0.29) is 37.3 Å². The zero-order valence-corrected chi connectivity index (χ0v) is 21.7. The molecule has 0 aliphatic rings. The van der Waals surface area contributed by atoms with E-state index in [1.54, 1.807) is 47.5 Å². The van der Waals surface area contributed by atoms with Crippen LogP contribution in [-0.2, 0) is 37.3 Å². The van der Waals surface area contributed by atoms with Crippen LogP contribution >= 0.6 is 22.7 Å². The first kappa shape index (κ1) is 23.0. The van der Waals surface area contributed by atoms with E-state index in [2.05, 4.69) is 72.2 Å². The minimum absolute atomic E-state index is 0. The zero-order valence-electron chi connectivity index (χ0n) is 17.8. The van der Waals surface area contributed by atoms with E-state index < -0.39 is 0 Å². The molecule has 0 radical (unpaired) electrons. The van der Waals surface area contributed by atoms with Crippen LogP contribution in [-0.4, -0.2) is 19.9 Å². The molecule has 6 nitrogen and oxygen atoms in total. The number of nitrogens with zero attached hydrogens (tertiary/aromatic N) is 6. The van der Waals surface area contributed by atoms with E-state index >= 15 is 0 Å². The van der Waals surface area contributed by atoms with Crippen LogP contribution in [0.15, 0.2) is 35.5 Å². The van der Waals surface area contributed by atoms with Crippen molar-refractivity contribution in [3.8, 4) is 0 Å². The van der Waals surface area contributed by atoms with Crippen LogP contribution in [0.3, 0.4) is 0 Å². The monoisotopic (exact) mass is 619 g/mol. The molecule has 0 N–H and O–H groups in total. The molecule has 0 aliphatic carbocycles. The standard InChI is InChI=1S/C21H24N6S2.Pt/c1-19(2,15-22-7-8-23-15)13-11-28-17(26-13)21(5,6)18-27-14(12-29-18)20(3,4)16-24-9-10-25-16;/h7-12H,1-6H3;/q-2;+2. The molecule has 0 aliphatic heterocycles. The summed E-state index contributed by atoms with van der Waals surface area (Å²) in [6.45, 7) is 12.8. The van der Waals surface area contributed by atoms with Crippen LogP contribution < -0.4 is 9.97 Å². The molecule has 4 aromatic heterocycles. The molecule has 4 heterocycles. The van der Waals surface area contributed by atoms with Crippen molar-refractivity contribution in [1.82, 2.24) is 29.9 Å². The number of hydrogen-bond donors (Lipinski definition) is 0. The minimum Gasteiger partial charge on any atom is -0.446 e. The van der Waals surface area contributed by atoms with E-state index in [1.807, 2.05) is 0 Å². The molecule has 9 heteroatoms. The molecule has 4 rings (SSSR count). The summed E-state index contributed by atoms with van der Waals surface area (Å²) in [6, 6.07) is 0. The van der Waals surface area contributed by atoms with Gasteiger partial charge in [0.25, 0.3) is 0 Å². The Kier molecular flexibility index (Phi) is 6.25. The Labute approximate surface area is 199 Å². The Morgan fingerprint density at radius 3 is 1.40 bits per heavy atom. The fourth-order valence-electron chi connectivity index (χ4n) is 3.14. The number of thiazole rings is 2. The van der Waals surface area contributed by atoms with Gasteiger partial charge in [0.15, 0.2) is 0 Å². The molecular weight excluding hydrogens is 595 g/mol. The predicted molar refractivity (Wildman–Crippen MR) is 116 cm³/mol. The van der Waals surface area contributed by atoms with Gasteiger partial charge in [0, 0.05) is 21.6 Å². The molecule has 0 saturated carbocycles. The Hall–Kier alpha value is -1.63. The van der Waals surface area contributed by atoms with Crippen molar-refractivity contribution in [2.45, 2.75) is 57.8 Å². The van der Waals surface area contributed by atoms with Gasteiger partial charge in [0.2, 0.25) is 0 Å². The molecule has 0 bridgehead atoms. The maximum Gasteiger partial charge on any atom is 2.00 e. The average molecular weight is 620 g/mol. The molecule has 0 atom stereocenters. The van der Waals surface area contributed by atoms with Gasteiger partial charge < -0.3 is 19.9 Å². The first-order chi connectivity index (χ1) is 13.6.